The second-order valence-electron chi connectivity index (χ2n) is 4.90. The predicted octanol–water partition coefficient (Wildman–Crippen LogP) is 3.02. The van der Waals surface area contributed by atoms with E-state index in [0.29, 0.717) is 21.8 Å². The molecule has 1 amide bonds. The van der Waals surface area contributed by atoms with Gasteiger partial charge in [-0.05, 0) is 48.9 Å². The first kappa shape index (κ1) is 17.0. The molecule has 2 aromatic carbocycles. The van der Waals surface area contributed by atoms with Crippen LogP contribution in [0.2, 0.25) is 5.02 Å². The number of rotatable bonds is 5. The monoisotopic (exact) mass is 333 g/mol. The number of carbonyl (C=O) groups is 2. The van der Waals surface area contributed by atoms with E-state index in [4.69, 9.17) is 21.4 Å². The molecule has 0 aliphatic rings. The maximum Gasteiger partial charge on any atom is 0.338 e. The summed E-state index contributed by atoms with van der Waals surface area (Å²) in [6, 6.07) is 12.9. The predicted molar refractivity (Wildman–Crippen MR) is 87.3 cm³/mol. The van der Waals surface area contributed by atoms with E-state index in [0.717, 1.165) is 0 Å². The Kier molecular flexibility index (Phi) is 5.73. The van der Waals surface area contributed by atoms with E-state index in [2.05, 4.69) is 5.32 Å². The molecular formula is C17H16ClNO4. The lowest BCUT2D eigenvalue weighted by Crippen LogP contribution is -2.30. The molecule has 0 aromatic heterocycles. The SMILES string of the molecule is C[C@H](OC(=O)c1ccc(CO)cc1)C(=O)Nc1ccc(Cl)cc1. The molecule has 0 unspecified atom stereocenters. The molecular weight excluding hydrogens is 318 g/mol. The van der Waals surface area contributed by atoms with E-state index in [9.17, 15) is 9.59 Å². The normalized spacial score (nSPS) is 11.6. The molecule has 0 aliphatic heterocycles. The average molecular weight is 334 g/mol. The molecule has 1 atom stereocenters. The molecule has 6 heteroatoms. The Morgan fingerprint density at radius 1 is 1.13 bits per heavy atom. The van der Waals surface area contributed by atoms with Gasteiger partial charge < -0.3 is 15.2 Å². The number of ether oxygens (including phenoxy) is 1. The molecule has 0 bridgehead atoms. The topological polar surface area (TPSA) is 75.6 Å². The van der Waals surface area contributed by atoms with Crippen LogP contribution in [0.25, 0.3) is 0 Å². The summed E-state index contributed by atoms with van der Waals surface area (Å²) >= 11 is 5.77. The molecule has 0 saturated carbocycles. The fraction of sp³-hybridized carbons (Fsp3) is 0.176. The largest absolute Gasteiger partial charge is 0.449 e. The highest BCUT2D eigenvalue weighted by Gasteiger charge is 2.19. The summed E-state index contributed by atoms with van der Waals surface area (Å²) in [5.41, 5.74) is 1.57. The van der Waals surface area contributed by atoms with Crippen LogP contribution in [-0.2, 0) is 16.1 Å². The highest BCUT2D eigenvalue weighted by atomic mass is 35.5. The van der Waals surface area contributed by atoms with Crippen LogP contribution >= 0.6 is 11.6 Å². The highest BCUT2D eigenvalue weighted by Crippen LogP contribution is 2.14. The van der Waals surface area contributed by atoms with Crippen molar-refractivity contribution >= 4 is 29.2 Å². The first-order valence-corrected chi connectivity index (χ1v) is 7.34. The first-order chi connectivity index (χ1) is 11.0. The Bertz CT molecular complexity index is 683. The van der Waals surface area contributed by atoms with Crippen molar-refractivity contribution in [2.75, 3.05) is 5.32 Å². The zero-order valence-corrected chi connectivity index (χ0v) is 13.2. The van der Waals surface area contributed by atoms with Gasteiger partial charge >= 0.3 is 5.97 Å². The van der Waals surface area contributed by atoms with E-state index >= 15 is 0 Å². The minimum Gasteiger partial charge on any atom is -0.449 e. The second-order valence-corrected chi connectivity index (χ2v) is 5.34. The molecule has 0 aliphatic carbocycles. The summed E-state index contributed by atoms with van der Waals surface area (Å²) in [6.45, 7) is 1.39. The molecule has 5 nitrogen and oxygen atoms in total. The first-order valence-electron chi connectivity index (χ1n) is 6.97. The number of carbonyl (C=O) groups excluding carboxylic acids is 2. The molecule has 2 N–H and O–H groups in total. The number of benzene rings is 2. The van der Waals surface area contributed by atoms with Gasteiger partial charge in [-0.15, -0.1) is 0 Å². The van der Waals surface area contributed by atoms with Gasteiger partial charge in [-0.2, -0.15) is 0 Å². The van der Waals surface area contributed by atoms with Crippen LogP contribution in [0.15, 0.2) is 48.5 Å². The van der Waals surface area contributed by atoms with Crippen molar-refractivity contribution < 1.29 is 19.4 Å². The molecule has 0 fully saturated rings. The van der Waals surface area contributed by atoms with Crippen LogP contribution in [-0.4, -0.2) is 23.1 Å². The number of esters is 1. The Hall–Kier alpha value is -2.37. The van der Waals surface area contributed by atoms with Crippen LogP contribution in [0.1, 0.15) is 22.8 Å². The number of hydrogen-bond donors (Lipinski definition) is 2. The van der Waals surface area contributed by atoms with Crippen LogP contribution in [0.3, 0.4) is 0 Å². The van der Waals surface area contributed by atoms with Crippen molar-refractivity contribution in [2.45, 2.75) is 19.6 Å². The number of amides is 1. The number of halogens is 1. The number of anilines is 1. The van der Waals surface area contributed by atoms with Crippen molar-refractivity contribution in [1.29, 1.82) is 0 Å². The fourth-order valence-electron chi connectivity index (χ4n) is 1.81. The van der Waals surface area contributed by atoms with Crippen molar-refractivity contribution in [3.8, 4) is 0 Å². The Morgan fingerprint density at radius 2 is 1.74 bits per heavy atom. The van der Waals surface area contributed by atoms with Crippen molar-refractivity contribution in [1.82, 2.24) is 0 Å². The maximum absolute atomic E-state index is 12.0. The van der Waals surface area contributed by atoms with Gasteiger partial charge in [0.2, 0.25) is 0 Å². The van der Waals surface area contributed by atoms with E-state index in [-0.39, 0.29) is 6.61 Å². The van der Waals surface area contributed by atoms with Crippen molar-refractivity contribution in [3.05, 3.63) is 64.7 Å². The maximum atomic E-state index is 12.0. The van der Waals surface area contributed by atoms with Gasteiger partial charge in [-0.3, -0.25) is 4.79 Å². The molecule has 120 valence electrons. The zero-order valence-electron chi connectivity index (χ0n) is 12.5. The summed E-state index contributed by atoms with van der Waals surface area (Å²) in [5, 5.41) is 12.2. The second kappa shape index (κ2) is 7.76. The number of aliphatic hydroxyl groups is 1. The van der Waals surface area contributed by atoms with Gasteiger partial charge in [0, 0.05) is 10.7 Å². The van der Waals surface area contributed by atoms with Crippen LogP contribution in [0.5, 0.6) is 0 Å². The van der Waals surface area contributed by atoms with E-state index in [1.54, 1.807) is 36.4 Å². The molecule has 0 saturated heterocycles. The van der Waals surface area contributed by atoms with Crippen LogP contribution in [0, 0.1) is 0 Å². The Labute approximate surface area is 138 Å². The van der Waals surface area contributed by atoms with Gasteiger partial charge in [0.05, 0.1) is 12.2 Å². The number of hydrogen-bond acceptors (Lipinski definition) is 4. The van der Waals surface area contributed by atoms with Crippen molar-refractivity contribution in [2.24, 2.45) is 0 Å². The summed E-state index contributed by atoms with van der Waals surface area (Å²) in [7, 11) is 0. The lowest BCUT2D eigenvalue weighted by atomic mass is 10.1. The van der Waals surface area contributed by atoms with Gasteiger partial charge in [0.1, 0.15) is 0 Å². The Balaban J connectivity index is 1.94. The summed E-state index contributed by atoms with van der Waals surface area (Å²) in [5.74, 6) is -1.04. The average Bonchev–Trinajstić information content (AvgIpc) is 2.56. The van der Waals surface area contributed by atoms with Gasteiger partial charge in [0.25, 0.3) is 5.91 Å². The van der Waals surface area contributed by atoms with Gasteiger partial charge in [-0.1, -0.05) is 23.7 Å². The Morgan fingerprint density at radius 3 is 2.30 bits per heavy atom. The molecule has 2 rings (SSSR count). The fourth-order valence-corrected chi connectivity index (χ4v) is 1.93. The lowest BCUT2D eigenvalue weighted by molar-refractivity contribution is -0.123. The van der Waals surface area contributed by atoms with E-state index < -0.39 is 18.0 Å². The summed E-state index contributed by atoms with van der Waals surface area (Å²) in [4.78, 5) is 24.0. The van der Waals surface area contributed by atoms with Crippen LogP contribution in [0.4, 0.5) is 5.69 Å². The third-order valence-corrected chi connectivity index (χ3v) is 3.39. The third-order valence-electron chi connectivity index (χ3n) is 3.14. The summed E-state index contributed by atoms with van der Waals surface area (Å²) in [6.07, 6.45) is -0.948. The van der Waals surface area contributed by atoms with E-state index in [1.807, 2.05) is 0 Å². The number of nitrogens with one attached hydrogen (secondary N) is 1. The molecule has 23 heavy (non-hydrogen) atoms. The quantitative estimate of drug-likeness (QED) is 0.825. The van der Waals surface area contributed by atoms with Crippen molar-refractivity contribution in [3.63, 3.8) is 0 Å². The summed E-state index contributed by atoms with van der Waals surface area (Å²) < 4.78 is 5.13. The van der Waals surface area contributed by atoms with E-state index in [1.165, 1.54) is 19.1 Å². The minimum absolute atomic E-state index is 0.102. The minimum atomic E-state index is -0.948. The highest BCUT2D eigenvalue weighted by molar-refractivity contribution is 6.30. The zero-order chi connectivity index (χ0) is 16.8. The number of aliphatic hydroxyl groups excluding tert-OH is 1. The molecule has 2 aromatic rings. The van der Waals surface area contributed by atoms with Gasteiger partial charge in [-0.25, -0.2) is 4.79 Å². The standard InChI is InChI=1S/C17H16ClNO4/c1-11(16(21)19-15-8-6-14(18)7-9-15)23-17(22)13-4-2-12(10-20)3-5-13/h2-9,11,20H,10H2,1H3,(H,19,21)/t11-/m0/s1. The van der Waals surface area contributed by atoms with Crippen LogP contribution < -0.4 is 5.32 Å². The lowest BCUT2D eigenvalue weighted by Gasteiger charge is -2.13. The smallest absolute Gasteiger partial charge is 0.338 e. The molecule has 0 spiro atoms. The van der Waals surface area contributed by atoms with Gasteiger partial charge in [0.15, 0.2) is 6.10 Å². The molecule has 0 heterocycles. The third kappa shape index (κ3) is 4.81. The molecule has 0 radical (unpaired) electrons.